The zero-order valence-electron chi connectivity index (χ0n) is 12.7. The Morgan fingerprint density at radius 1 is 1.23 bits per heavy atom. The van der Waals surface area contributed by atoms with E-state index in [9.17, 15) is 0 Å². The van der Waals surface area contributed by atoms with Crippen LogP contribution >= 0.6 is 11.3 Å². The molecular weight excluding hydrogens is 294 g/mol. The predicted molar refractivity (Wildman–Crippen MR) is 88.9 cm³/mol. The van der Waals surface area contributed by atoms with Crippen molar-refractivity contribution in [2.45, 2.75) is 13.3 Å². The molecule has 0 unspecified atom stereocenters. The van der Waals surface area contributed by atoms with Gasteiger partial charge in [0.1, 0.15) is 5.01 Å². The van der Waals surface area contributed by atoms with Gasteiger partial charge in [-0.2, -0.15) is 9.61 Å². The average Bonchev–Trinajstić information content (AvgIpc) is 3.08. The van der Waals surface area contributed by atoms with E-state index >= 15 is 0 Å². The number of aryl methyl sites for hydroxylation is 1. The SMILES string of the molecule is Cc1cccc(-c2nnc3sc(C4=CCN(C)CC4)nn23)c1. The second-order valence-electron chi connectivity index (χ2n) is 5.74. The molecule has 1 aliphatic rings. The molecule has 0 N–H and O–H groups in total. The number of benzene rings is 1. The van der Waals surface area contributed by atoms with Crippen molar-refractivity contribution >= 4 is 21.9 Å². The number of fused-ring (bicyclic) bond motifs is 1. The summed E-state index contributed by atoms with van der Waals surface area (Å²) in [6.45, 7) is 4.15. The van der Waals surface area contributed by atoms with E-state index in [2.05, 4.69) is 53.3 Å². The molecule has 0 fully saturated rings. The fourth-order valence-corrected chi connectivity index (χ4v) is 3.58. The van der Waals surface area contributed by atoms with Crippen LogP contribution in [0.2, 0.25) is 0 Å². The van der Waals surface area contributed by atoms with Crippen LogP contribution in [0.15, 0.2) is 30.3 Å². The lowest BCUT2D eigenvalue weighted by molar-refractivity contribution is 0.370. The molecule has 3 heterocycles. The Morgan fingerprint density at radius 3 is 2.91 bits per heavy atom. The summed E-state index contributed by atoms with van der Waals surface area (Å²) in [5, 5.41) is 14.4. The molecule has 22 heavy (non-hydrogen) atoms. The van der Waals surface area contributed by atoms with Gasteiger partial charge in [0, 0.05) is 18.7 Å². The summed E-state index contributed by atoms with van der Waals surface area (Å²) in [4.78, 5) is 3.16. The molecule has 0 saturated heterocycles. The van der Waals surface area contributed by atoms with Gasteiger partial charge in [-0.1, -0.05) is 41.2 Å². The van der Waals surface area contributed by atoms with E-state index in [-0.39, 0.29) is 0 Å². The third-order valence-corrected chi connectivity index (χ3v) is 4.93. The van der Waals surface area contributed by atoms with Gasteiger partial charge in [-0.15, -0.1) is 10.2 Å². The van der Waals surface area contributed by atoms with Crippen molar-refractivity contribution in [2.24, 2.45) is 0 Å². The molecule has 112 valence electrons. The van der Waals surface area contributed by atoms with Crippen molar-refractivity contribution in [2.75, 3.05) is 20.1 Å². The number of nitrogens with zero attached hydrogens (tertiary/aromatic N) is 5. The first kappa shape index (κ1) is 13.6. The zero-order valence-corrected chi connectivity index (χ0v) is 13.5. The predicted octanol–water partition coefficient (Wildman–Crippen LogP) is 2.88. The highest BCUT2D eigenvalue weighted by molar-refractivity contribution is 7.17. The largest absolute Gasteiger partial charge is 0.302 e. The molecule has 0 saturated carbocycles. The Kier molecular flexibility index (Phi) is 3.28. The molecule has 1 aromatic carbocycles. The van der Waals surface area contributed by atoms with E-state index in [1.165, 1.54) is 11.1 Å². The summed E-state index contributed by atoms with van der Waals surface area (Å²) in [6.07, 6.45) is 3.31. The van der Waals surface area contributed by atoms with Gasteiger partial charge in [-0.25, -0.2) is 0 Å². The van der Waals surface area contributed by atoms with Crippen LogP contribution in [0.4, 0.5) is 0 Å². The monoisotopic (exact) mass is 311 g/mol. The molecule has 0 atom stereocenters. The lowest BCUT2D eigenvalue weighted by Gasteiger charge is -2.20. The number of likely N-dealkylation sites (N-methyl/N-ethyl adjacent to an activating group) is 1. The van der Waals surface area contributed by atoms with Gasteiger partial charge in [-0.05, 0) is 32.0 Å². The normalized spacial score (nSPS) is 16.2. The molecule has 2 aromatic heterocycles. The molecule has 0 amide bonds. The molecule has 4 rings (SSSR count). The first-order valence-electron chi connectivity index (χ1n) is 7.38. The Balaban J connectivity index is 1.77. The van der Waals surface area contributed by atoms with Crippen LogP contribution in [0.25, 0.3) is 21.9 Å². The van der Waals surface area contributed by atoms with E-state index in [4.69, 9.17) is 5.10 Å². The number of hydrogen-bond acceptors (Lipinski definition) is 5. The summed E-state index contributed by atoms with van der Waals surface area (Å²) in [6, 6.07) is 8.29. The molecule has 0 aliphatic carbocycles. The van der Waals surface area contributed by atoms with E-state index in [0.29, 0.717) is 0 Å². The highest BCUT2D eigenvalue weighted by Gasteiger charge is 2.17. The van der Waals surface area contributed by atoms with Crippen LogP contribution in [0, 0.1) is 6.92 Å². The van der Waals surface area contributed by atoms with Crippen LogP contribution in [0.1, 0.15) is 17.0 Å². The fourth-order valence-electron chi connectivity index (χ4n) is 2.68. The van der Waals surface area contributed by atoms with Crippen molar-refractivity contribution in [3.05, 3.63) is 40.9 Å². The van der Waals surface area contributed by atoms with Gasteiger partial charge < -0.3 is 4.90 Å². The Bertz CT molecular complexity index is 860. The van der Waals surface area contributed by atoms with Crippen molar-refractivity contribution < 1.29 is 0 Å². The summed E-state index contributed by atoms with van der Waals surface area (Å²) < 4.78 is 1.87. The average molecular weight is 311 g/mol. The first-order valence-corrected chi connectivity index (χ1v) is 8.19. The van der Waals surface area contributed by atoms with Gasteiger partial charge in [0.05, 0.1) is 0 Å². The van der Waals surface area contributed by atoms with E-state index in [1.807, 2.05) is 10.6 Å². The maximum atomic E-state index is 4.75. The maximum absolute atomic E-state index is 4.75. The molecule has 0 bridgehead atoms. The van der Waals surface area contributed by atoms with Crippen LogP contribution in [0.5, 0.6) is 0 Å². The fraction of sp³-hybridized carbons (Fsp3) is 0.312. The Labute approximate surface area is 132 Å². The number of hydrogen-bond donors (Lipinski definition) is 0. The molecule has 0 spiro atoms. The second kappa shape index (κ2) is 5.30. The first-order chi connectivity index (χ1) is 10.7. The van der Waals surface area contributed by atoms with Crippen LogP contribution in [0.3, 0.4) is 0 Å². The zero-order chi connectivity index (χ0) is 15.1. The molecule has 3 aromatic rings. The van der Waals surface area contributed by atoms with Crippen molar-refractivity contribution in [1.29, 1.82) is 0 Å². The van der Waals surface area contributed by atoms with Gasteiger partial charge in [0.25, 0.3) is 0 Å². The van der Waals surface area contributed by atoms with Gasteiger partial charge in [-0.3, -0.25) is 0 Å². The third-order valence-electron chi connectivity index (χ3n) is 3.95. The van der Waals surface area contributed by atoms with Crippen LogP contribution in [-0.2, 0) is 0 Å². The van der Waals surface area contributed by atoms with Crippen molar-refractivity contribution in [1.82, 2.24) is 24.7 Å². The second-order valence-corrected chi connectivity index (χ2v) is 6.69. The number of rotatable bonds is 2. The molecule has 1 aliphatic heterocycles. The lowest BCUT2D eigenvalue weighted by Crippen LogP contribution is -2.23. The van der Waals surface area contributed by atoms with E-state index in [0.717, 1.165) is 40.9 Å². The smallest absolute Gasteiger partial charge is 0.235 e. The standard InChI is InChI=1S/C16H17N5S/c1-11-4-3-5-13(10-11)14-17-18-16-21(14)19-15(22-16)12-6-8-20(2)9-7-12/h3-6,10H,7-9H2,1-2H3. The third kappa shape index (κ3) is 2.34. The highest BCUT2D eigenvalue weighted by atomic mass is 32.1. The van der Waals surface area contributed by atoms with Gasteiger partial charge in [0.2, 0.25) is 4.96 Å². The molecule has 0 radical (unpaired) electrons. The summed E-state index contributed by atoms with van der Waals surface area (Å²) in [5.41, 5.74) is 3.59. The topological polar surface area (TPSA) is 46.3 Å². The maximum Gasteiger partial charge on any atom is 0.235 e. The van der Waals surface area contributed by atoms with Crippen LogP contribution < -0.4 is 0 Å². The van der Waals surface area contributed by atoms with Crippen LogP contribution in [-0.4, -0.2) is 44.8 Å². The summed E-state index contributed by atoms with van der Waals surface area (Å²) in [5.74, 6) is 0.815. The van der Waals surface area contributed by atoms with Crippen molar-refractivity contribution in [3.8, 4) is 11.4 Å². The summed E-state index contributed by atoms with van der Waals surface area (Å²) in [7, 11) is 2.14. The highest BCUT2D eigenvalue weighted by Crippen LogP contribution is 2.28. The van der Waals surface area contributed by atoms with E-state index < -0.39 is 0 Å². The lowest BCUT2D eigenvalue weighted by atomic mass is 10.1. The quantitative estimate of drug-likeness (QED) is 0.730. The van der Waals surface area contributed by atoms with Gasteiger partial charge >= 0.3 is 0 Å². The minimum atomic E-state index is 0.815. The molecule has 6 heteroatoms. The van der Waals surface area contributed by atoms with E-state index in [1.54, 1.807) is 11.3 Å². The number of aromatic nitrogens is 4. The molecule has 5 nitrogen and oxygen atoms in total. The minimum absolute atomic E-state index is 0.815. The van der Waals surface area contributed by atoms with Crippen molar-refractivity contribution in [3.63, 3.8) is 0 Å². The Morgan fingerprint density at radius 2 is 2.14 bits per heavy atom. The summed E-state index contributed by atoms with van der Waals surface area (Å²) >= 11 is 1.62. The molecular formula is C16H17N5S. The minimum Gasteiger partial charge on any atom is -0.302 e. The van der Waals surface area contributed by atoms with Gasteiger partial charge in [0.15, 0.2) is 5.82 Å². The Hall–Kier alpha value is -2.05.